The molecule has 0 unspecified atom stereocenters. The Morgan fingerprint density at radius 1 is 1.47 bits per heavy atom. The van der Waals surface area contributed by atoms with Gasteiger partial charge in [-0.15, -0.1) is 11.3 Å². The van der Waals surface area contributed by atoms with Crippen LogP contribution in [0.25, 0.3) is 10.6 Å². The van der Waals surface area contributed by atoms with Crippen LogP contribution in [0.2, 0.25) is 0 Å². The molecule has 0 amide bonds. The Kier molecular flexibility index (Phi) is 2.30. The Balaban J connectivity index is 2.66. The van der Waals surface area contributed by atoms with E-state index in [1.807, 2.05) is 5.38 Å². The summed E-state index contributed by atoms with van der Waals surface area (Å²) in [6.07, 6.45) is 1.22. The van der Waals surface area contributed by atoms with Crippen molar-refractivity contribution in [2.45, 2.75) is 0 Å². The van der Waals surface area contributed by atoms with Crippen LogP contribution in [0.4, 0.5) is 11.5 Å². The molecule has 7 heteroatoms. The largest absolute Gasteiger partial charge is 0.378 e. The molecule has 2 aromatic rings. The van der Waals surface area contributed by atoms with Crippen LogP contribution >= 0.6 is 11.3 Å². The summed E-state index contributed by atoms with van der Waals surface area (Å²) < 4.78 is 0. The monoisotopic (exact) mass is 222 g/mol. The third-order valence-electron chi connectivity index (χ3n) is 1.79. The number of nitro groups is 1. The van der Waals surface area contributed by atoms with Gasteiger partial charge in [-0.05, 0) is 11.4 Å². The molecular formula is C8H6N4O2S. The van der Waals surface area contributed by atoms with E-state index in [-0.39, 0.29) is 17.2 Å². The van der Waals surface area contributed by atoms with Gasteiger partial charge in [0, 0.05) is 0 Å². The molecule has 0 bridgehead atoms. The van der Waals surface area contributed by atoms with Gasteiger partial charge in [-0.2, -0.15) is 0 Å². The number of nitrogens with zero attached hydrogens (tertiary/aromatic N) is 3. The minimum atomic E-state index is -0.565. The second-order valence-corrected chi connectivity index (χ2v) is 3.64. The molecule has 0 radical (unpaired) electrons. The Labute approximate surface area is 88.6 Å². The number of rotatable bonds is 2. The van der Waals surface area contributed by atoms with Gasteiger partial charge in [0.05, 0.1) is 9.80 Å². The molecule has 76 valence electrons. The van der Waals surface area contributed by atoms with E-state index in [1.54, 1.807) is 12.1 Å². The Morgan fingerprint density at radius 2 is 2.27 bits per heavy atom. The van der Waals surface area contributed by atoms with Crippen molar-refractivity contribution in [3.63, 3.8) is 0 Å². The Hall–Kier alpha value is -2.02. The maximum absolute atomic E-state index is 10.8. The highest BCUT2D eigenvalue weighted by atomic mass is 32.1. The fraction of sp³-hybridized carbons (Fsp3) is 0. The topological polar surface area (TPSA) is 94.9 Å². The molecule has 0 aliphatic rings. The molecule has 0 aliphatic carbocycles. The lowest BCUT2D eigenvalue weighted by atomic mass is 10.3. The van der Waals surface area contributed by atoms with Gasteiger partial charge in [-0.3, -0.25) is 10.1 Å². The van der Waals surface area contributed by atoms with Gasteiger partial charge < -0.3 is 5.73 Å². The minimum Gasteiger partial charge on any atom is -0.378 e. The number of nitrogens with two attached hydrogens (primary N) is 1. The van der Waals surface area contributed by atoms with Gasteiger partial charge in [0.25, 0.3) is 0 Å². The lowest BCUT2D eigenvalue weighted by Crippen LogP contribution is -2.01. The van der Waals surface area contributed by atoms with Crippen molar-refractivity contribution in [2.24, 2.45) is 0 Å². The first kappa shape index (κ1) is 9.53. The van der Waals surface area contributed by atoms with Gasteiger partial charge in [0.2, 0.25) is 5.82 Å². The van der Waals surface area contributed by atoms with Crippen LogP contribution in [0, 0.1) is 10.1 Å². The smallest absolute Gasteiger partial charge is 0.338 e. The summed E-state index contributed by atoms with van der Waals surface area (Å²) in [6.45, 7) is 0. The molecule has 2 heterocycles. The number of thiophene rings is 1. The quantitative estimate of drug-likeness (QED) is 0.616. The molecule has 6 nitrogen and oxygen atoms in total. The van der Waals surface area contributed by atoms with Crippen LogP contribution in [0.1, 0.15) is 0 Å². The van der Waals surface area contributed by atoms with Crippen molar-refractivity contribution in [3.05, 3.63) is 34.0 Å². The maximum atomic E-state index is 10.8. The molecule has 15 heavy (non-hydrogen) atoms. The van der Waals surface area contributed by atoms with Crippen LogP contribution in [0.3, 0.4) is 0 Å². The molecular weight excluding hydrogens is 216 g/mol. The zero-order chi connectivity index (χ0) is 10.8. The van der Waals surface area contributed by atoms with Crippen molar-refractivity contribution in [1.29, 1.82) is 0 Å². The van der Waals surface area contributed by atoms with Crippen LogP contribution < -0.4 is 5.73 Å². The number of aromatic nitrogens is 2. The average Bonchev–Trinajstić information content (AvgIpc) is 2.69. The minimum absolute atomic E-state index is 0.113. The molecule has 0 fully saturated rings. The van der Waals surface area contributed by atoms with Crippen LogP contribution in [0.5, 0.6) is 0 Å². The molecule has 0 aliphatic heterocycles. The Morgan fingerprint density at radius 3 is 2.87 bits per heavy atom. The van der Waals surface area contributed by atoms with Gasteiger partial charge in [-0.1, -0.05) is 6.07 Å². The molecule has 0 spiro atoms. The van der Waals surface area contributed by atoms with E-state index in [9.17, 15) is 10.1 Å². The summed E-state index contributed by atoms with van der Waals surface area (Å²) in [5.41, 5.74) is 5.47. The summed E-state index contributed by atoms with van der Waals surface area (Å²) in [4.78, 5) is 18.4. The third kappa shape index (κ3) is 1.64. The molecule has 2 N–H and O–H groups in total. The molecule has 0 saturated carbocycles. The highest BCUT2D eigenvalue weighted by Gasteiger charge is 2.22. The highest BCUT2D eigenvalue weighted by molar-refractivity contribution is 7.13. The summed E-state index contributed by atoms with van der Waals surface area (Å²) in [7, 11) is 0. The van der Waals surface area contributed by atoms with Crippen molar-refractivity contribution in [3.8, 4) is 10.6 Å². The SMILES string of the molecule is Nc1ncnc(-c2cccs2)c1[N+](=O)[O-]. The van der Waals surface area contributed by atoms with Crippen molar-refractivity contribution in [2.75, 3.05) is 5.73 Å². The van der Waals surface area contributed by atoms with Gasteiger partial charge in [0.15, 0.2) is 5.69 Å². The van der Waals surface area contributed by atoms with Gasteiger partial charge in [0.1, 0.15) is 6.33 Å². The third-order valence-corrected chi connectivity index (χ3v) is 2.66. The maximum Gasteiger partial charge on any atom is 0.338 e. The van der Waals surface area contributed by atoms with Crippen LogP contribution in [-0.4, -0.2) is 14.9 Å². The molecule has 0 atom stereocenters. The first-order valence-electron chi connectivity index (χ1n) is 3.99. The summed E-state index contributed by atoms with van der Waals surface area (Å²) in [6, 6.07) is 3.54. The van der Waals surface area contributed by atoms with E-state index < -0.39 is 4.92 Å². The van der Waals surface area contributed by atoms with Gasteiger partial charge >= 0.3 is 5.69 Å². The van der Waals surface area contributed by atoms with Crippen molar-refractivity contribution in [1.82, 2.24) is 9.97 Å². The molecule has 2 aromatic heterocycles. The number of nitrogen functional groups attached to an aromatic ring is 1. The predicted molar refractivity (Wildman–Crippen MR) is 56.4 cm³/mol. The van der Waals surface area contributed by atoms with E-state index >= 15 is 0 Å². The van der Waals surface area contributed by atoms with E-state index in [2.05, 4.69) is 9.97 Å². The van der Waals surface area contributed by atoms with Crippen LogP contribution in [0.15, 0.2) is 23.8 Å². The normalized spacial score (nSPS) is 10.1. The molecule has 2 rings (SSSR count). The number of hydrogen-bond donors (Lipinski definition) is 1. The van der Waals surface area contributed by atoms with Crippen LogP contribution in [-0.2, 0) is 0 Å². The fourth-order valence-corrected chi connectivity index (χ4v) is 1.89. The van der Waals surface area contributed by atoms with E-state index in [0.29, 0.717) is 4.88 Å². The summed E-state index contributed by atoms with van der Waals surface area (Å²) in [5.74, 6) is -0.113. The molecule has 0 aromatic carbocycles. The lowest BCUT2D eigenvalue weighted by Gasteiger charge is -2.00. The lowest BCUT2D eigenvalue weighted by molar-refractivity contribution is -0.383. The van der Waals surface area contributed by atoms with Gasteiger partial charge in [-0.25, -0.2) is 9.97 Å². The van der Waals surface area contributed by atoms with Crippen molar-refractivity contribution < 1.29 is 4.92 Å². The number of anilines is 1. The fourth-order valence-electron chi connectivity index (χ4n) is 1.17. The summed E-state index contributed by atoms with van der Waals surface area (Å²) in [5, 5.41) is 12.6. The second kappa shape index (κ2) is 3.62. The zero-order valence-corrected chi connectivity index (χ0v) is 8.27. The Bertz CT molecular complexity index is 497. The van der Waals surface area contributed by atoms with E-state index in [0.717, 1.165) is 0 Å². The summed E-state index contributed by atoms with van der Waals surface area (Å²) >= 11 is 1.37. The van der Waals surface area contributed by atoms with E-state index in [4.69, 9.17) is 5.73 Å². The first-order valence-corrected chi connectivity index (χ1v) is 4.87. The van der Waals surface area contributed by atoms with E-state index in [1.165, 1.54) is 17.7 Å². The first-order chi connectivity index (χ1) is 7.20. The average molecular weight is 222 g/mol. The highest BCUT2D eigenvalue weighted by Crippen LogP contribution is 2.33. The standard InChI is InChI=1S/C8H6N4O2S/c9-8-7(12(13)14)6(10-4-11-8)5-2-1-3-15-5/h1-4H,(H2,9,10,11). The predicted octanol–water partition coefficient (Wildman–Crippen LogP) is 1.70. The van der Waals surface area contributed by atoms with Crippen molar-refractivity contribution >= 4 is 22.8 Å². The number of hydrogen-bond acceptors (Lipinski definition) is 6. The second-order valence-electron chi connectivity index (χ2n) is 2.69. The zero-order valence-electron chi connectivity index (χ0n) is 7.45. The molecule has 0 saturated heterocycles.